The minimum atomic E-state index is -4.02. The quantitative estimate of drug-likeness (QED) is 0.160. The van der Waals surface area contributed by atoms with Crippen LogP contribution in [0.25, 0.3) is 0 Å². The van der Waals surface area contributed by atoms with Gasteiger partial charge in [0, 0.05) is 25.4 Å². The number of nitrogens with two attached hydrogens (primary N) is 1. The fourth-order valence-corrected chi connectivity index (χ4v) is 6.40. The first-order chi connectivity index (χ1) is 20.9. The minimum Gasteiger partial charge on any atom is -0.461 e. The molecule has 11 nitrogen and oxygen atoms in total. The Balaban J connectivity index is 0.000000339. The van der Waals surface area contributed by atoms with Gasteiger partial charge in [0.25, 0.3) is 16.0 Å². The van der Waals surface area contributed by atoms with Crippen molar-refractivity contribution >= 4 is 39.7 Å². The van der Waals surface area contributed by atoms with Crippen molar-refractivity contribution in [3.63, 3.8) is 0 Å². The standard InChI is InChI=1S/C24H24N2O6S.C7H8O3S/c1-15(27)31-13-18-14-33-23-24(25,30-2)22(29)26(23)19(18)21(28)32-20(16-9-5-3-6-10-16)17-11-7-4-8-12-17;1-6-2-4-7(5-3-6)11(8,9)10/h3-12,20,23H,13-14,25H2,1-2H3;2-5H,1H3,(H,8,9,10)/t23-,24+;/m1./s1. The molecule has 1 fully saturated rings. The summed E-state index contributed by atoms with van der Waals surface area (Å²) in [5, 5.41) is -0.592. The predicted molar refractivity (Wildman–Crippen MR) is 162 cm³/mol. The van der Waals surface area contributed by atoms with Crippen molar-refractivity contribution in [1.82, 2.24) is 4.90 Å². The van der Waals surface area contributed by atoms with Gasteiger partial charge in [-0.15, -0.1) is 11.8 Å². The molecular formula is C31H32N2O9S2. The highest BCUT2D eigenvalue weighted by Crippen LogP contribution is 2.46. The maximum Gasteiger partial charge on any atom is 0.356 e. The van der Waals surface area contributed by atoms with E-state index in [4.69, 9.17) is 24.5 Å². The lowest BCUT2D eigenvalue weighted by Crippen LogP contribution is -2.78. The molecule has 3 aromatic carbocycles. The van der Waals surface area contributed by atoms with Gasteiger partial charge in [0.05, 0.1) is 4.90 Å². The van der Waals surface area contributed by atoms with Crippen LogP contribution < -0.4 is 5.73 Å². The summed E-state index contributed by atoms with van der Waals surface area (Å²) in [7, 11) is -2.67. The molecule has 0 saturated carbocycles. The molecule has 1 saturated heterocycles. The maximum absolute atomic E-state index is 13.5. The van der Waals surface area contributed by atoms with Crippen LogP contribution in [0.4, 0.5) is 0 Å². The molecule has 0 unspecified atom stereocenters. The van der Waals surface area contributed by atoms with Crippen molar-refractivity contribution in [1.29, 1.82) is 0 Å². The Bertz CT molecular complexity index is 1610. The zero-order valence-electron chi connectivity index (χ0n) is 24.2. The van der Waals surface area contributed by atoms with E-state index in [0.717, 1.165) is 16.7 Å². The number of aryl methyl sites for hydroxylation is 1. The monoisotopic (exact) mass is 640 g/mol. The lowest BCUT2D eigenvalue weighted by molar-refractivity contribution is -0.184. The summed E-state index contributed by atoms with van der Waals surface area (Å²) in [5.74, 6) is -1.42. The molecule has 2 aliphatic heterocycles. The molecule has 0 spiro atoms. The van der Waals surface area contributed by atoms with Gasteiger partial charge in [-0.25, -0.2) is 4.79 Å². The zero-order chi connectivity index (χ0) is 32.1. The number of benzene rings is 3. The van der Waals surface area contributed by atoms with E-state index in [-0.39, 0.29) is 17.2 Å². The molecular weight excluding hydrogens is 608 g/mol. The second-order valence-corrected chi connectivity index (χ2v) is 12.5. The second kappa shape index (κ2) is 13.7. The Hall–Kier alpha value is -4.01. The SMILES string of the molecule is CO[C@@]1(N)C(=O)N2C(C(=O)OC(c3ccccc3)c3ccccc3)=C(COC(C)=O)CS[C@@H]21.Cc1ccc(S(=O)(=O)O)cc1. The van der Waals surface area contributed by atoms with Crippen LogP contribution in [0.3, 0.4) is 0 Å². The van der Waals surface area contributed by atoms with E-state index < -0.39 is 45.2 Å². The minimum absolute atomic E-state index is 0.0417. The number of carbonyl (C=O) groups excluding carboxylic acids is 3. The third-order valence-electron chi connectivity index (χ3n) is 6.87. The highest BCUT2D eigenvalue weighted by Gasteiger charge is 2.63. The van der Waals surface area contributed by atoms with Crippen LogP contribution in [0.5, 0.6) is 0 Å². The lowest BCUT2D eigenvalue weighted by Gasteiger charge is -2.54. The van der Waals surface area contributed by atoms with Crippen molar-refractivity contribution in [3.05, 3.63) is 113 Å². The Morgan fingerprint density at radius 2 is 1.57 bits per heavy atom. The van der Waals surface area contributed by atoms with Crippen LogP contribution >= 0.6 is 11.8 Å². The number of fused-ring (bicyclic) bond motifs is 1. The van der Waals surface area contributed by atoms with Gasteiger partial charge < -0.3 is 14.2 Å². The summed E-state index contributed by atoms with van der Waals surface area (Å²) in [6.45, 7) is 2.99. The Kier molecular flexibility index (Phi) is 10.3. The van der Waals surface area contributed by atoms with Crippen LogP contribution in [0.1, 0.15) is 29.7 Å². The number of esters is 2. The van der Waals surface area contributed by atoms with Gasteiger partial charge in [-0.1, -0.05) is 78.4 Å². The van der Waals surface area contributed by atoms with Crippen molar-refractivity contribution in [2.75, 3.05) is 19.5 Å². The Morgan fingerprint density at radius 1 is 1.02 bits per heavy atom. The largest absolute Gasteiger partial charge is 0.461 e. The average molecular weight is 641 g/mol. The Morgan fingerprint density at radius 3 is 2.05 bits per heavy atom. The van der Waals surface area contributed by atoms with Gasteiger partial charge in [0.1, 0.15) is 17.7 Å². The van der Waals surface area contributed by atoms with Crippen molar-refractivity contribution < 1.29 is 41.6 Å². The van der Waals surface area contributed by atoms with Gasteiger partial charge in [-0.2, -0.15) is 8.42 Å². The number of carbonyl (C=O) groups is 3. The van der Waals surface area contributed by atoms with Crippen molar-refractivity contribution in [2.45, 2.75) is 35.9 Å². The van der Waals surface area contributed by atoms with E-state index in [9.17, 15) is 22.8 Å². The molecule has 5 rings (SSSR count). The maximum atomic E-state index is 13.5. The molecule has 0 aromatic heterocycles. The summed E-state index contributed by atoms with van der Waals surface area (Å²) in [5.41, 5.74) is 7.62. The van der Waals surface area contributed by atoms with E-state index in [0.29, 0.717) is 11.3 Å². The van der Waals surface area contributed by atoms with Crippen LogP contribution in [0, 0.1) is 6.92 Å². The molecule has 0 radical (unpaired) electrons. The average Bonchev–Trinajstić information content (AvgIpc) is 3.02. The van der Waals surface area contributed by atoms with E-state index in [1.165, 1.54) is 42.8 Å². The molecule has 44 heavy (non-hydrogen) atoms. The number of thioether (sulfide) groups is 1. The van der Waals surface area contributed by atoms with Gasteiger partial charge in [-0.05, 0) is 30.2 Å². The first kappa shape index (κ1) is 32.9. The van der Waals surface area contributed by atoms with Gasteiger partial charge in [0.2, 0.25) is 5.72 Å². The fourth-order valence-electron chi connectivity index (χ4n) is 4.55. The molecule has 2 atom stereocenters. The van der Waals surface area contributed by atoms with Gasteiger partial charge in [-0.3, -0.25) is 24.8 Å². The molecule has 13 heteroatoms. The third kappa shape index (κ3) is 7.20. The third-order valence-corrected chi connectivity index (χ3v) is 9.13. The molecule has 232 valence electrons. The van der Waals surface area contributed by atoms with E-state index in [1.54, 1.807) is 12.1 Å². The summed E-state index contributed by atoms with van der Waals surface area (Å²) < 4.78 is 45.9. The van der Waals surface area contributed by atoms with Crippen LogP contribution in [0.15, 0.2) is 101 Å². The number of hydrogen-bond acceptors (Lipinski definition) is 10. The molecule has 1 amide bonds. The van der Waals surface area contributed by atoms with Crippen LogP contribution in [0.2, 0.25) is 0 Å². The molecule has 0 aliphatic carbocycles. The smallest absolute Gasteiger partial charge is 0.356 e. The van der Waals surface area contributed by atoms with Crippen molar-refractivity contribution in [2.24, 2.45) is 5.73 Å². The molecule has 2 heterocycles. The van der Waals surface area contributed by atoms with E-state index in [2.05, 4.69) is 0 Å². The summed E-state index contributed by atoms with van der Waals surface area (Å²) in [6, 6.07) is 24.6. The molecule has 2 aliphatic rings. The zero-order valence-corrected chi connectivity index (χ0v) is 25.8. The number of hydrogen-bond donors (Lipinski definition) is 2. The van der Waals surface area contributed by atoms with Gasteiger partial charge >= 0.3 is 11.9 Å². The highest BCUT2D eigenvalue weighted by molar-refractivity contribution is 8.00. The molecule has 3 N–H and O–H groups in total. The Labute approximate surface area is 259 Å². The second-order valence-electron chi connectivity index (χ2n) is 9.96. The fraction of sp³-hybridized carbons (Fsp3) is 0.258. The highest BCUT2D eigenvalue weighted by atomic mass is 32.2. The number of rotatable bonds is 8. The normalized spacial score (nSPS) is 19.4. The first-order valence-corrected chi connectivity index (χ1v) is 15.9. The number of nitrogens with zero attached hydrogens (tertiary/aromatic N) is 1. The number of β-lactam (4-membered cyclic amide) rings is 1. The lowest BCUT2D eigenvalue weighted by atomic mass is 9.99. The molecule has 0 bridgehead atoms. The van der Waals surface area contributed by atoms with Crippen LogP contribution in [-0.4, -0.2) is 66.3 Å². The number of amides is 1. The molecule has 3 aromatic rings. The van der Waals surface area contributed by atoms with Crippen molar-refractivity contribution in [3.8, 4) is 0 Å². The summed E-state index contributed by atoms with van der Waals surface area (Å²) in [4.78, 5) is 39.0. The van der Waals surface area contributed by atoms with E-state index in [1.807, 2.05) is 67.6 Å². The summed E-state index contributed by atoms with van der Waals surface area (Å²) >= 11 is 1.34. The van der Waals surface area contributed by atoms with Crippen LogP contribution in [-0.2, 0) is 38.7 Å². The van der Waals surface area contributed by atoms with E-state index >= 15 is 0 Å². The topological polar surface area (TPSA) is 163 Å². The number of ether oxygens (including phenoxy) is 3. The summed E-state index contributed by atoms with van der Waals surface area (Å²) in [6.07, 6.45) is -0.697. The van der Waals surface area contributed by atoms with Gasteiger partial charge in [0.15, 0.2) is 6.10 Å². The predicted octanol–water partition coefficient (Wildman–Crippen LogP) is 3.59. The number of methoxy groups -OCH3 is 1. The first-order valence-electron chi connectivity index (χ1n) is 13.4.